The van der Waals surface area contributed by atoms with Gasteiger partial charge in [0.25, 0.3) is 0 Å². The Labute approximate surface area is 88.1 Å². The van der Waals surface area contributed by atoms with E-state index in [1.165, 1.54) is 45.3 Å². The maximum absolute atomic E-state index is 3.52. The van der Waals surface area contributed by atoms with Crippen LogP contribution in [0.4, 0.5) is 0 Å². The predicted octanol–water partition coefficient (Wildman–Crippen LogP) is 1.86. The standard InChI is InChI=1S/C12H24N2/c1-3-14(11-6-4-5-7-11)12-9-13-8-10(12)2/h10-13H,3-9H2,1-2H3. The molecule has 2 atom stereocenters. The van der Waals surface area contributed by atoms with E-state index in [2.05, 4.69) is 24.1 Å². The topological polar surface area (TPSA) is 15.3 Å². The van der Waals surface area contributed by atoms with Crippen LogP contribution in [0.1, 0.15) is 39.5 Å². The van der Waals surface area contributed by atoms with E-state index in [0.29, 0.717) is 0 Å². The monoisotopic (exact) mass is 196 g/mol. The van der Waals surface area contributed by atoms with Crippen LogP contribution in [0.25, 0.3) is 0 Å². The van der Waals surface area contributed by atoms with Gasteiger partial charge in [-0.05, 0) is 31.8 Å². The number of likely N-dealkylation sites (N-methyl/N-ethyl adjacent to an activating group) is 1. The third-order valence-electron chi connectivity index (χ3n) is 4.06. The number of rotatable bonds is 3. The first-order valence-electron chi connectivity index (χ1n) is 6.29. The van der Waals surface area contributed by atoms with Crippen molar-refractivity contribution in [3.63, 3.8) is 0 Å². The number of hydrogen-bond donors (Lipinski definition) is 1. The highest BCUT2D eigenvalue weighted by molar-refractivity contribution is 4.90. The summed E-state index contributed by atoms with van der Waals surface area (Å²) in [4.78, 5) is 2.76. The summed E-state index contributed by atoms with van der Waals surface area (Å²) in [6.45, 7) is 8.38. The lowest BCUT2D eigenvalue weighted by atomic mass is 10.0. The predicted molar refractivity (Wildman–Crippen MR) is 60.5 cm³/mol. The summed E-state index contributed by atoms with van der Waals surface area (Å²) < 4.78 is 0. The van der Waals surface area contributed by atoms with Gasteiger partial charge in [0, 0.05) is 18.6 Å². The molecule has 1 saturated heterocycles. The molecule has 0 bridgehead atoms. The molecular weight excluding hydrogens is 172 g/mol. The van der Waals surface area contributed by atoms with Crippen molar-refractivity contribution in [3.05, 3.63) is 0 Å². The second-order valence-electron chi connectivity index (χ2n) is 4.97. The van der Waals surface area contributed by atoms with Gasteiger partial charge in [0.1, 0.15) is 0 Å². The molecule has 0 aromatic rings. The first-order chi connectivity index (χ1) is 6.83. The summed E-state index contributed by atoms with van der Waals surface area (Å²) in [5, 5.41) is 3.52. The number of hydrogen-bond acceptors (Lipinski definition) is 2. The Hall–Kier alpha value is -0.0800. The average molecular weight is 196 g/mol. The summed E-state index contributed by atoms with van der Waals surface area (Å²) in [6, 6.07) is 1.70. The fourth-order valence-corrected chi connectivity index (χ4v) is 3.24. The molecule has 0 aromatic heterocycles. The zero-order chi connectivity index (χ0) is 9.97. The molecule has 2 heteroatoms. The molecule has 1 aliphatic heterocycles. The second kappa shape index (κ2) is 4.63. The van der Waals surface area contributed by atoms with E-state index in [0.717, 1.165) is 18.0 Å². The van der Waals surface area contributed by atoms with Crippen LogP contribution in [0.2, 0.25) is 0 Å². The van der Waals surface area contributed by atoms with Crippen molar-refractivity contribution >= 4 is 0 Å². The van der Waals surface area contributed by atoms with Gasteiger partial charge in [-0.25, -0.2) is 0 Å². The second-order valence-corrected chi connectivity index (χ2v) is 4.97. The number of nitrogens with zero attached hydrogens (tertiary/aromatic N) is 1. The maximum Gasteiger partial charge on any atom is 0.0261 e. The largest absolute Gasteiger partial charge is 0.315 e. The molecule has 2 aliphatic rings. The fourth-order valence-electron chi connectivity index (χ4n) is 3.24. The van der Waals surface area contributed by atoms with E-state index in [9.17, 15) is 0 Å². The Balaban J connectivity index is 1.96. The quantitative estimate of drug-likeness (QED) is 0.741. The molecule has 0 aromatic carbocycles. The molecule has 0 amide bonds. The molecule has 0 radical (unpaired) electrons. The molecule has 2 nitrogen and oxygen atoms in total. The molecule has 2 rings (SSSR count). The summed E-state index contributed by atoms with van der Waals surface area (Å²) in [5.74, 6) is 0.843. The molecule has 2 fully saturated rings. The van der Waals surface area contributed by atoms with Crippen molar-refractivity contribution in [3.8, 4) is 0 Å². The van der Waals surface area contributed by atoms with E-state index < -0.39 is 0 Å². The van der Waals surface area contributed by atoms with Crippen molar-refractivity contribution < 1.29 is 0 Å². The van der Waals surface area contributed by atoms with E-state index in [4.69, 9.17) is 0 Å². The van der Waals surface area contributed by atoms with Crippen LogP contribution in [0.3, 0.4) is 0 Å². The molecule has 1 saturated carbocycles. The van der Waals surface area contributed by atoms with Gasteiger partial charge in [-0.15, -0.1) is 0 Å². The van der Waals surface area contributed by atoms with Crippen molar-refractivity contribution in [2.75, 3.05) is 19.6 Å². The Kier molecular flexibility index (Phi) is 3.45. The SMILES string of the molecule is CCN(C1CCCC1)C1CNCC1C. The van der Waals surface area contributed by atoms with Gasteiger partial charge in [0.15, 0.2) is 0 Å². The Morgan fingerprint density at radius 3 is 2.43 bits per heavy atom. The molecule has 1 N–H and O–H groups in total. The molecular formula is C12H24N2. The van der Waals surface area contributed by atoms with E-state index in [1.807, 2.05) is 0 Å². The highest BCUT2D eigenvalue weighted by atomic mass is 15.2. The Morgan fingerprint density at radius 2 is 1.93 bits per heavy atom. The van der Waals surface area contributed by atoms with Crippen molar-refractivity contribution in [1.29, 1.82) is 0 Å². The smallest absolute Gasteiger partial charge is 0.0261 e. The van der Waals surface area contributed by atoms with Crippen LogP contribution in [-0.2, 0) is 0 Å². The zero-order valence-electron chi connectivity index (χ0n) is 9.63. The summed E-state index contributed by atoms with van der Waals surface area (Å²) in [5.41, 5.74) is 0. The van der Waals surface area contributed by atoms with Crippen molar-refractivity contribution in [1.82, 2.24) is 10.2 Å². The normalized spacial score (nSPS) is 34.5. The third kappa shape index (κ3) is 1.96. The van der Waals surface area contributed by atoms with Crippen LogP contribution in [0.15, 0.2) is 0 Å². The Bertz CT molecular complexity index is 175. The first-order valence-corrected chi connectivity index (χ1v) is 6.29. The van der Waals surface area contributed by atoms with Crippen molar-refractivity contribution in [2.45, 2.75) is 51.6 Å². The van der Waals surface area contributed by atoms with E-state index in [-0.39, 0.29) is 0 Å². The first kappa shape index (κ1) is 10.4. The van der Waals surface area contributed by atoms with Gasteiger partial charge >= 0.3 is 0 Å². The summed E-state index contributed by atoms with van der Waals surface area (Å²) >= 11 is 0. The fraction of sp³-hybridized carbons (Fsp3) is 1.00. The van der Waals surface area contributed by atoms with Gasteiger partial charge in [0.2, 0.25) is 0 Å². The highest BCUT2D eigenvalue weighted by Crippen LogP contribution is 2.27. The lowest BCUT2D eigenvalue weighted by molar-refractivity contribution is 0.129. The van der Waals surface area contributed by atoms with E-state index >= 15 is 0 Å². The molecule has 0 spiro atoms. The van der Waals surface area contributed by atoms with Gasteiger partial charge in [0.05, 0.1) is 0 Å². The van der Waals surface area contributed by atoms with Crippen LogP contribution in [-0.4, -0.2) is 36.6 Å². The highest BCUT2D eigenvalue weighted by Gasteiger charge is 2.33. The summed E-state index contributed by atoms with van der Waals surface area (Å²) in [6.07, 6.45) is 5.79. The van der Waals surface area contributed by atoms with Crippen LogP contribution >= 0.6 is 0 Å². The minimum absolute atomic E-state index is 0.808. The maximum atomic E-state index is 3.52. The molecule has 82 valence electrons. The van der Waals surface area contributed by atoms with Crippen molar-refractivity contribution in [2.24, 2.45) is 5.92 Å². The average Bonchev–Trinajstić information content (AvgIpc) is 2.80. The zero-order valence-corrected chi connectivity index (χ0v) is 9.63. The number of nitrogens with one attached hydrogen (secondary N) is 1. The van der Waals surface area contributed by atoms with Crippen LogP contribution in [0, 0.1) is 5.92 Å². The lowest BCUT2D eigenvalue weighted by Gasteiger charge is -2.35. The minimum Gasteiger partial charge on any atom is -0.315 e. The van der Waals surface area contributed by atoms with Crippen LogP contribution < -0.4 is 5.32 Å². The van der Waals surface area contributed by atoms with Gasteiger partial charge in [-0.3, -0.25) is 4.90 Å². The van der Waals surface area contributed by atoms with Gasteiger partial charge in [-0.2, -0.15) is 0 Å². The van der Waals surface area contributed by atoms with Gasteiger partial charge in [-0.1, -0.05) is 26.7 Å². The molecule has 2 unspecified atom stereocenters. The third-order valence-corrected chi connectivity index (χ3v) is 4.06. The molecule has 1 aliphatic carbocycles. The molecule has 14 heavy (non-hydrogen) atoms. The molecule has 1 heterocycles. The summed E-state index contributed by atoms with van der Waals surface area (Å²) in [7, 11) is 0. The minimum atomic E-state index is 0.808. The van der Waals surface area contributed by atoms with Crippen LogP contribution in [0.5, 0.6) is 0 Å². The van der Waals surface area contributed by atoms with E-state index in [1.54, 1.807) is 0 Å². The van der Waals surface area contributed by atoms with Gasteiger partial charge < -0.3 is 5.32 Å². The lowest BCUT2D eigenvalue weighted by Crippen LogP contribution is -2.45. The Morgan fingerprint density at radius 1 is 1.21 bits per heavy atom.